The highest BCUT2D eigenvalue weighted by Gasteiger charge is 2.41. The van der Waals surface area contributed by atoms with Crippen molar-refractivity contribution in [2.75, 3.05) is 25.6 Å². The van der Waals surface area contributed by atoms with E-state index in [2.05, 4.69) is 17.4 Å². The number of esters is 1. The molecular weight excluding hydrogens is 424 g/mol. The highest BCUT2D eigenvalue weighted by Crippen LogP contribution is 2.45. The van der Waals surface area contributed by atoms with Crippen LogP contribution in [-0.2, 0) is 14.3 Å². The van der Waals surface area contributed by atoms with Gasteiger partial charge in [-0.25, -0.2) is 4.79 Å². The van der Waals surface area contributed by atoms with E-state index < -0.39 is 5.92 Å². The molecule has 0 spiro atoms. The predicted octanol–water partition coefficient (Wildman–Crippen LogP) is 5.31. The Morgan fingerprint density at radius 2 is 1.71 bits per heavy atom. The van der Waals surface area contributed by atoms with Crippen LogP contribution in [0, 0.1) is 5.92 Å². The summed E-state index contributed by atoms with van der Waals surface area (Å²) in [6.45, 7) is 6.28. The second-order valence-electron chi connectivity index (χ2n) is 9.91. The predicted molar refractivity (Wildman–Crippen MR) is 136 cm³/mol. The molecule has 34 heavy (non-hydrogen) atoms. The molecule has 4 rings (SSSR count). The number of nitrogens with one attached hydrogen (secondary N) is 1. The fraction of sp³-hybridized carbons (Fsp3) is 0.379. The van der Waals surface area contributed by atoms with Gasteiger partial charge in [0.15, 0.2) is 5.78 Å². The monoisotopic (exact) mass is 458 g/mol. The first-order valence-corrected chi connectivity index (χ1v) is 12.0. The van der Waals surface area contributed by atoms with Gasteiger partial charge in [-0.05, 0) is 48.4 Å². The van der Waals surface area contributed by atoms with Gasteiger partial charge >= 0.3 is 5.97 Å². The largest absolute Gasteiger partial charge is 0.462 e. The van der Waals surface area contributed by atoms with Crippen molar-refractivity contribution in [1.29, 1.82) is 0 Å². The molecule has 1 aliphatic carbocycles. The number of hydrogen-bond donors (Lipinski definition) is 1. The van der Waals surface area contributed by atoms with Crippen molar-refractivity contribution in [3.05, 3.63) is 88.3 Å². The van der Waals surface area contributed by atoms with Crippen molar-refractivity contribution < 1.29 is 14.3 Å². The zero-order valence-electron chi connectivity index (χ0n) is 20.7. The van der Waals surface area contributed by atoms with Crippen LogP contribution in [0.25, 0.3) is 0 Å². The first-order chi connectivity index (χ1) is 16.3. The molecule has 0 saturated carbocycles. The lowest BCUT2D eigenvalue weighted by Crippen LogP contribution is -2.36. The zero-order chi connectivity index (χ0) is 24.4. The maximum atomic E-state index is 13.6. The maximum absolute atomic E-state index is 13.6. The molecule has 5 heteroatoms. The Bertz CT molecular complexity index is 1130. The summed E-state index contributed by atoms with van der Waals surface area (Å²) in [6.07, 6.45) is 1.17. The number of hydrogen-bond acceptors (Lipinski definition) is 5. The van der Waals surface area contributed by atoms with E-state index in [1.165, 1.54) is 5.56 Å². The average Bonchev–Trinajstić information content (AvgIpc) is 2.82. The Labute approximate surface area is 202 Å². The minimum Gasteiger partial charge on any atom is -0.462 e. The Kier molecular flexibility index (Phi) is 6.92. The highest BCUT2D eigenvalue weighted by molar-refractivity contribution is 6.04. The normalized spacial score (nSPS) is 20.2. The first kappa shape index (κ1) is 23.8. The fourth-order valence-corrected chi connectivity index (χ4v) is 4.89. The summed E-state index contributed by atoms with van der Waals surface area (Å²) in [5, 5.41) is 3.43. The second kappa shape index (κ2) is 9.88. The van der Waals surface area contributed by atoms with Gasteiger partial charge in [0.25, 0.3) is 0 Å². The quantitative estimate of drug-likeness (QED) is 0.594. The molecule has 1 heterocycles. The number of dihydropyridines is 1. The van der Waals surface area contributed by atoms with Crippen LogP contribution in [0.3, 0.4) is 0 Å². The standard InChI is InChI=1S/C29H34N2O3/c1-18(2)17-34-29(33)26-19(3)30-24-15-22(20-9-7-6-8-10-20)16-25(32)28(24)27(26)21-11-13-23(14-12-21)31(4)5/h6-14,18,22,27,30H,15-17H2,1-5H3/t22-,27+/m0/s1. The summed E-state index contributed by atoms with van der Waals surface area (Å²) in [5.74, 6) is -0.344. The molecule has 0 bridgehead atoms. The van der Waals surface area contributed by atoms with Crippen molar-refractivity contribution in [3.63, 3.8) is 0 Å². The van der Waals surface area contributed by atoms with E-state index in [0.29, 0.717) is 24.2 Å². The Balaban J connectivity index is 1.76. The van der Waals surface area contributed by atoms with E-state index in [1.54, 1.807) is 0 Å². The highest BCUT2D eigenvalue weighted by atomic mass is 16.5. The summed E-state index contributed by atoms with van der Waals surface area (Å²) in [6, 6.07) is 18.3. The SMILES string of the molecule is CC1=C(C(=O)OCC(C)C)[C@@H](c2ccc(N(C)C)cc2)C2=C(C[C@H](c3ccccc3)CC2=O)N1. The van der Waals surface area contributed by atoms with Crippen LogP contribution in [-0.4, -0.2) is 32.5 Å². The third kappa shape index (κ3) is 4.79. The number of anilines is 1. The minimum absolute atomic E-state index is 0.0888. The van der Waals surface area contributed by atoms with Crippen LogP contribution < -0.4 is 10.2 Å². The maximum Gasteiger partial charge on any atom is 0.336 e. The van der Waals surface area contributed by atoms with Crippen molar-refractivity contribution in [2.24, 2.45) is 5.92 Å². The summed E-state index contributed by atoms with van der Waals surface area (Å²) < 4.78 is 5.65. The van der Waals surface area contributed by atoms with Crippen molar-refractivity contribution in [3.8, 4) is 0 Å². The lowest BCUT2D eigenvalue weighted by Gasteiger charge is -2.37. The summed E-state index contributed by atoms with van der Waals surface area (Å²) in [7, 11) is 3.99. The Morgan fingerprint density at radius 3 is 2.32 bits per heavy atom. The number of carbonyl (C=O) groups is 2. The molecule has 2 aromatic rings. The average molecular weight is 459 g/mol. The second-order valence-corrected chi connectivity index (χ2v) is 9.91. The van der Waals surface area contributed by atoms with Gasteiger partial charge in [-0.2, -0.15) is 0 Å². The first-order valence-electron chi connectivity index (χ1n) is 12.0. The molecule has 178 valence electrons. The summed E-state index contributed by atoms with van der Waals surface area (Å²) in [4.78, 5) is 28.9. The Hall–Kier alpha value is -3.34. The van der Waals surface area contributed by atoms with Crippen molar-refractivity contribution >= 4 is 17.4 Å². The zero-order valence-corrected chi connectivity index (χ0v) is 20.7. The van der Waals surface area contributed by atoms with E-state index in [-0.39, 0.29) is 23.6 Å². The van der Waals surface area contributed by atoms with Gasteiger partial charge < -0.3 is 15.0 Å². The van der Waals surface area contributed by atoms with E-state index in [0.717, 1.165) is 29.1 Å². The fourth-order valence-electron chi connectivity index (χ4n) is 4.89. The van der Waals surface area contributed by atoms with Gasteiger partial charge in [0.05, 0.1) is 12.2 Å². The van der Waals surface area contributed by atoms with Gasteiger partial charge in [0.1, 0.15) is 0 Å². The molecule has 0 unspecified atom stereocenters. The van der Waals surface area contributed by atoms with Gasteiger partial charge in [0, 0.05) is 49.1 Å². The molecule has 0 amide bonds. The van der Waals surface area contributed by atoms with Gasteiger partial charge in [0.2, 0.25) is 0 Å². The van der Waals surface area contributed by atoms with E-state index >= 15 is 0 Å². The van der Waals surface area contributed by atoms with Gasteiger partial charge in [-0.3, -0.25) is 4.79 Å². The van der Waals surface area contributed by atoms with Gasteiger partial charge in [-0.1, -0.05) is 56.3 Å². The summed E-state index contributed by atoms with van der Waals surface area (Å²) in [5.41, 5.74) is 6.08. The molecule has 2 aromatic carbocycles. The number of Topliss-reactive ketones (excluding diaryl/α,β-unsaturated/α-hetero) is 1. The topological polar surface area (TPSA) is 58.6 Å². The molecule has 0 saturated heterocycles. The number of allylic oxidation sites excluding steroid dienone is 3. The van der Waals surface area contributed by atoms with Crippen LogP contribution in [0.5, 0.6) is 0 Å². The third-order valence-electron chi connectivity index (χ3n) is 6.61. The summed E-state index contributed by atoms with van der Waals surface area (Å²) >= 11 is 0. The lowest BCUT2D eigenvalue weighted by molar-refractivity contribution is -0.140. The number of rotatable bonds is 6. The lowest BCUT2D eigenvalue weighted by atomic mass is 9.71. The van der Waals surface area contributed by atoms with Crippen LogP contribution >= 0.6 is 0 Å². The smallest absolute Gasteiger partial charge is 0.336 e. The number of nitrogens with zero attached hydrogens (tertiary/aromatic N) is 1. The number of carbonyl (C=O) groups excluding carboxylic acids is 2. The van der Waals surface area contributed by atoms with Crippen LogP contribution in [0.1, 0.15) is 56.6 Å². The third-order valence-corrected chi connectivity index (χ3v) is 6.61. The number of ketones is 1. The molecule has 0 aromatic heterocycles. The van der Waals surface area contributed by atoms with Crippen molar-refractivity contribution in [1.82, 2.24) is 5.32 Å². The van der Waals surface area contributed by atoms with E-state index in [1.807, 2.05) is 82.2 Å². The molecule has 5 nitrogen and oxygen atoms in total. The van der Waals surface area contributed by atoms with Crippen LogP contribution in [0.15, 0.2) is 77.1 Å². The number of ether oxygens (including phenoxy) is 1. The van der Waals surface area contributed by atoms with E-state index in [9.17, 15) is 9.59 Å². The molecule has 0 radical (unpaired) electrons. The molecule has 1 N–H and O–H groups in total. The number of benzene rings is 2. The molecule has 1 aliphatic heterocycles. The molecular formula is C29H34N2O3. The molecule has 2 atom stereocenters. The van der Waals surface area contributed by atoms with E-state index in [4.69, 9.17) is 4.74 Å². The molecule has 0 fully saturated rings. The minimum atomic E-state index is -0.434. The van der Waals surface area contributed by atoms with Crippen molar-refractivity contribution in [2.45, 2.75) is 45.4 Å². The Morgan fingerprint density at radius 1 is 1.03 bits per heavy atom. The van der Waals surface area contributed by atoms with Crippen LogP contribution in [0.2, 0.25) is 0 Å². The van der Waals surface area contributed by atoms with Crippen LogP contribution in [0.4, 0.5) is 5.69 Å². The molecule has 2 aliphatic rings. The van der Waals surface area contributed by atoms with Gasteiger partial charge in [-0.15, -0.1) is 0 Å².